The molecule has 31 heavy (non-hydrogen) atoms. The van der Waals surface area contributed by atoms with Gasteiger partial charge in [-0.1, -0.05) is 19.1 Å². The fraction of sp³-hybridized carbons (Fsp3) is 0.360. The van der Waals surface area contributed by atoms with Crippen molar-refractivity contribution in [3.05, 3.63) is 70.2 Å². The fourth-order valence-electron chi connectivity index (χ4n) is 4.53. The average Bonchev–Trinajstić information content (AvgIpc) is 2.96. The van der Waals surface area contributed by atoms with Crippen molar-refractivity contribution in [2.75, 3.05) is 11.9 Å². The Morgan fingerprint density at radius 3 is 2.55 bits per heavy atom. The number of anilines is 1. The van der Waals surface area contributed by atoms with E-state index >= 15 is 0 Å². The van der Waals surface area contributed by atoms with Gasteiger partial charge in [-0.05, 0) is 85.7 Å². The second kappa shape index (κ2) is 7.52. The lowest BCUT2D eigenvalue weighted by atomic mass is 9.79. The van der Waals surface area contributed by atoms with E-state index in [1.54, 1.807) is 18.2 Å². The highest BCUT2D eigenvalue weighted by Crippen LogP contribution is 2.43. The number of rotatable bonds is 3. The van der Waals surface area contributed by atoms with Crippen LogP contribution in [0.1, 0.15) is 55.4 Å². The molecule has 162 valence electrons. The van der Waals surface area contributed by atoms with Gasteiger partial charge in [-0.25, -0.2) is 9.18 Å². The average molecular weight is 422 g/mol. The van der Waals surface area contributed by atoms with Crippen molar-refractivity contribution in [3.63, 3.8) is 0 Å². The third kappa shape index (κ3) is 3.82. The maximum absolute atomic E-state index is 13.1. The Labute approximate surface area is 182 Å². The van der Waals surface area contributed by atoms with Gasteiger partial charge in [-0.2, -0.15) is 0 Å². The molecule has 1 atom stereocenters. The zero-order chi connectivity index (χ0) is 22.5. The predicted octanol–water partition coefficient (Wildman–Crippen LogP) is 4.95. The van der Waals surface area contributed by atoms with Crippen LogP contribution in [0.5, 0.6) is 0 Å². The number of aryl methyl sites for hydroxylation is 1. The minimum Gasteiger partial charge on any atom is -0.369 e. The van der Waals surface area contributed by atoms with Gasteiger partial charge in [0.1, 0.15) is 11.5 Å². The lowest BCUT2D eigenvalue weighted by molar-refractivity contribution is -0.123. The van der Waals surface area contributed by atoms with Crippen LogP contribution in [-0.2, 0) is 11.3 Å². The van der Waals surface area contributed by atoms with Crippen LogP contribution in [-0.4, -0.2) is 29.4 Å². The van der Waals surface area contributed by atoms with Gasteiger partial charge in [0.2, 0.25) is 0 Å². The summed E-state index contributed by atoms with van der Waals surface area (Å²) in [6.45, 7) is 8.85. The molecule has 1 fully saturated rings. The molecule has 0 bridgehead atoms. The summed E-state index contributed by atoms with van der Waals surface area (Å²) in [4.78, 5) is 28.8. The number of fused-ring (bicyclic) bond motifs is 1. The van der Waals surface area contributed by atoms with E-state index < -0.39 is 6.03 Å². The summed E-state index contributed by atoms with van der Waals surface area (Å²) in [5.74, 6) is -0.340. The SMILES string of the molecule is Cc1cc2c(cc1/C=C1/NC(=O)N(Cc3ccc(F)cc3)C1=O)C(C)CC(C)(C)N2C. The zero-order valence-corrected chi connectivity index (χ0v) is 18.6. The van der Waals surface area contributed by atoms with Gasteiger partial charge in [-0.3, -0.25) is 9.69 Å². The number of imide groups is 1. The maximum Gasteiger partial charge on any atom is 0.329 e. The van der Waals surface area contributed by atoms with Crippen LogP contribution in [0.25, 0.3) is 6.08 Å². The largest absolute Gasteiger partial charge is 0.369 e. The van der Waals surface area contributed by atoms with Gasteiger partial charge in [0.15, 0.2) is 0 Å². The normalized spacial score (nSPS) is 21.5. The minimum absolute atomic E-state index is 0.0785. The van der Waals surface area contributed by atoms with Crippen LogP contribution >= 0.6 is 0 Å². The molecule has 0 aliphatic carbocycles. The monoisotopic (exact) mass is 421 g/mol. The second-order valence-electron chi connectivity index (χ2n) is 9.25. The quantitative estimate of drug-likeness (QED) is 0.564. The Balaban J connectivity index is 1.63. The van der Waals surface area contributed by atoms with Crippen molar-refractivity contribution in [1.29, 1.82) is 0 Å². The first-order valence-electron chi connectivity index (χ1n) is 10.5. The van der Waals surface area contributed by atoms with Crippen molar-refractivity contribution < 1.29 is 14.0 Å². The lowest BCUT2D eigenvalue weighted by Gasteiger charge is -2.45. The molecule has 1 unspecified atom stereocenters. The molecule has 0 saturated carbocycles. The summed E-state index contributed by atoms with van der Waals surface area (Å²) in [6.07, 6.45) is 2.80. The Morgan fingerprint density at radius 1 is 1.19 bits per heavy atom. The van der Waals surface area contributed by atoms with E-state index in [1.165, 1.54) is 23.4 Å². The molecule has 2 heterocycles. The van der Waals surface area contributed by atoms with Crippen LogP contribution in [0, 0.1) is 12.7 Å². The number of hydrogen-bond donors (Lipinski definition) is 1. The summed E-state index contributed by atoms with van der Waals surface area (Å²) in [5.41, 5.74) is 5.45. The van der Waals surface area contributed by atoms with Gasteiger partial charge in [-0.15, -0.1) is 0 Å². The first kappa shape index (κ1) is 21.1. The van der Waals surface area contributed by atoms with E-state index in [-0.39, 0.29) is 29.5 Å². The Hall–Kier alpha value is -3.15. The predicted molar refractivity (Wildman–Crippen MR) is 120 cm³/mol. The summed E-state index contributed by atoms with van der Waals surface area (Å²) in [7, 11) is 2.12. The van der Waals surface area contributed by atoms with Crippen molar-refractivity contribution in [2.45, 2.75) is 52.1 Å². The van der Waals surface area contributed by atoms with Crippen LogP contribution in [0.3, 0.4) is 0 Å². The maximum atomic E-state index is 13.1. The third-order valence-corrected chi connectivity index (χ3v) is 6.54. The summed E-state index contributed by atoms with van der Waals surface area (Å²) in [6, 6.07) is 9.62. The van der Waals surface area contributed by atoms with Crippen molar-refractivity contribution in [3.8, 4) is 0 Å². The van der Waals surface area contributed by atoms with Gasteiger partial charge in [0.05, 0.1) is 6.54 Å². The van der Waals surface area contributed by atoms with Crippen molar-refractivity contribution in [2.24, 2.45) is 0 Å². The van der Waals surface area contributed by atoms with E-state index in [0.29, 0.717) is 11.5 Å². The molecule has 4 rings (SSSR count). The topological polar surface area (TPSA) is 52.7 Å². The van der Waals surface area contributed by atoms with E-state index in [9.17, 15) is 14.0 Å². The van der Waals surface area contributed by atoms with Crippen molar-refractivity contribution >= 4 is 23.7 Å². The third-order valence-electron chi connectivity index (χ3n) is 6.54. The molecule has 2 aromatic rings. The second-order valence-corrected chi connectivity index (χ2v) is 9.25. The number of carbonyl (C=O) groups excluding carboxylic acids is 2. The molecule has 0 spiro atoms. The molecule has 5 nitrogen and oxygen atoms in total. The van der Waals surface area contributed by atoms with E-state index in [0.717, 1.165) is 22.4 Å². The number of halogens is 1. The number of amides is 3. The smallest absolute Gasteiger partial charge is 0.329 e. The molecule has 1 N–H and O–H groups in total. The van der Waals surface area contributed by atoms with Crippen LogP contribution < -0.4 is 10.2 Å². The number of carbonyl (C=O) groups is 2. The van der Waals surface area contributed by atoms with Crippen molar-refractivity contribution in [1.82, 2.24) is 10.2 Å². The molecule has 2 aromatic carbocycles. The van der Waals surface area contributed by atoms with Gasteiger partial charge in [0.25, 0.3) is 5.91 Å². The molecule has 6 heteroatoms. The highest BCUT2D eigenvalue weighted by molar-refractivity contribution is 6.14. The first-order chi connectivity index (χ1) is 14.6. The highest BCUT2D eigenvalue weighted by atomic mass is 19.1. The summed E-state index contributed by atoms with van der Waals surface area (Å²) >= 11 is 0. The van der Waals surface area contributed by atoms with Crippen LogP contribution in [0.15, 0.2) is 42.1 Å². The Kier molecular flexibility index (Phi) is 5.12. The standard InChI is InChI=1S/C25H28FN3O2/c1-15-10-22-20(16(2)13-25(3,4)28(22)5)11-18(15)12-21-23(30)29(24(31)27-21)14-17-6-8-19(26)9-7-17/h6-12,16H,13-14H2,1-5H3,(H,27,31)/b21-12+. The number of nitrogens with one attached hydrogen (secondary N) is 1. The zero-order valence-electron chi connectivity index (χ0n) is 18.6. The van der Waals surface area contributed by atoms with Crippen LogP contribution in [0.4, 0.5) is 14.9 Å². The van der Waals surface area contributed by atoms with Gasteiger partial charge in [0, 0.05) is 18.3 Å². The number of hydrogen-bond acceptors (Lipinski definition) is 3. The van der Waals surface area contributed by atoms with E-state index in [4.69, 9.17) is 0 Å². The molecule has 1 saturated heterocycles. The van der Waals surface area contributed by atoms with Gasteiger partial charge >= 0.3 is 6.03 Å². The number of urea groups is 1. The number of benzene rings is 2. The fourth-order valence-corrected chi connectivity index (χ4v) is 4.53. The molecule has 2 aliphatic heterocycles. The Morgan fingerprint density at radius 2 is 1.87 bits per heavy atom. The molecule has 0 aromatic heterocycles. The minimum atomic E-state index is -0.467. The summed E-state index contributed by atoms with van der Waals surface area (Å²) < 4.78 is 13.1. The summed E-state index contributed by atoms with van der Waals surface area (Å²) in [5, 5.41) is 2.69. The molecular weight excluding hydrogens is 393 g/mol. The van der Waals surface area contributed by atoms with E-state index in [1.807, 2.05) is 6.92 Å². The Bertz CT molecular complexity index is 1090. The molecule has 2 aliphatic rings. The molecule has 3 amide bonds. The number of nitrogens with zero attached hydrogens (tertiary/aromatic N) is 2. The highest BCUT2D eigenvalue weighted by Gasteiger charge is 2.36. The van der Waals surface area contributed by atoms with Gasteiger partial charge < -0.3 is 10.2 Å². The first-order valence-corrected chi connectivity index (χ1v) is 10.5. The molecular formula is C25H28FN3O2. The lowest BCUT2D eigenvalue weighted by Crippen LogP contribution is -2.45. The van der Waals surface area contributed by atoms with E-state index in [2.05, 4.69) is 50.2 Å². The molecule has 0 radical (unpaired) electrons. The van der Waals surface area contributed by atoms with Crippen LogP contribution in [0.2, 0.25) is 0 Å².